The van der Waals surface area contributed by atoms with Crippen molar-refractivity contribution < 1.29 is 0 Å². The summed E-state index contributed by atoms with van der Waals surface area (Å²) in [7, 11) is 0. The van der Waals surface area contributed by atoms with Crippen LogP contribution < -0.4 is 4.90 Å². The average molecular weight is 301 g/mol. The van der Waals surface area contributed by atoms with Gasteiger partial charge in [-0.1, -0.05) is 13.3 Å². The topological polar surface area (TPSA) is 19.4 Å². The van der Waals surface area contributed by atoms with E-state index in [1.54, 1.807) is 0 Å². The number of piperidine rings is 2. The van der Waals surface area contributed by atoms with Gasteiger partial charge in [-0.3, -0.25) is 4.90 Å². The van der Waals surface area contributed by atoms with Crippen molar-refractivity contribution in [2.24, 2.45) is 0 Å². The molecule has 22 heavy (non-hydrogen) atoms. The molecule has 0 N–H and O–H groups in total. The first-order chi connectivity index (χ1) is 10.8. The lowest BCUT2D eigenvalue weighted by atomic mass is 9.95. The minimum Gasteiger partial charge on any atom is -0.356 e. The van der Waals surface area contributed by atoms with Crippen molar-refractivity contribution in [3.05, 3.63) is 23.4 Å². The fourth-order valence-corrected chi connectivity index (χ4v) is 4.13. The zero-order valence-electron chi connectivity index (χ0n) is 14.4. The van der Waals surface area contributed by atoms with Crippen molar-refractivity contribution in [1.82, 2.24) is 9.88 Å². The number of hydrogen-bond acceptors (Lipinski definition) is 3. The quantitative estimate of drug-likeness (QED) is 0.825. The lowest BCUT2D eigenvalue weighted by molar-refractivity contribution is 0.149. The van der Waals surface area contributed by atoms with Crippen molar-refractivity contribution in [3.63, 3.8) is 0 Å². The van der Waals surface area contributed by atoms with E-state index < -0.39 is 0 Å². The summed E-state index contributed by atoms with van der Waals surface area (Å²) >= 11 is 0. The fraction of sp³-hybridized carbons (Fsp3) is 0.737. The van der Waals surface area contributed by atoms with E-state index in [0.717, 1.165) is 0 Å². The maximum Gasteiger partial charge on any atom is 0.131 e. The van der Waals surface area contributed by atoms with Crippen LogP contribution in [0.4, 0.5) is 5.82 Å². The number of nitrogens with zero attached hydrogens (tertiary/aromatic N) is 3. The Morgan fingerprint density at radius 1 is 1.09 bits per heavy atom. The van der Waals surface area contributed by atoms with Gasteiger partial charge < -0.3 is 4.90 Å². The van der Waals surface area contributed by atoms with Gasteiger partial charge in [0.05, 0.1) is 0 Å². The van der Waals surface area contributed by atoms with Crippen LogP contribution >= 0.6 is 0 Å². The van der Waals surface area contributed by atoms with E-state index in [1.165, 1.54) is 88.1 Å². The SMILES string of the molecule is CCCN1CCCC[C@H]1c1cnc(N2CCCCC2)c(C)c1. The largest absolute Gasteiger partial charge is 0.356 e. The number of aromatic nitrogens is 1. The zero-order chi connectivity index (χ0) is 15.4. The van der Waals surface area contributed by atoms with E-state index in [2.05, 4.69) is 35.9 Å². The van der Waals surface area contributed by atoms with E-state index in [9.17, 15) is 0 Å². The van der Waals surface area contributed by atoms with Crippen LogP contribution in [0.1, 0.15) is 69.0 Å². The van der Waals surface area contributed by atoms with E-state index >= 15 is 0 Å². The number of aryl methyl sites for hydroxylation is 1. The molecule has 0 unspecified atom stereocenters. The maximum absolute atomic E-state index is 4.87. The monoisotopic (exact) mass is 301 g/mol. The van der Waals surface area contributed by atoms with Crippen LogP contribution in [0, 0.1) is 6.92 Å². The summed E-state index contributed by atoms with van der Waals surface area (Å²) in [6.07, 6.45) is 11.4. The highest BCUT2D eigenvalue weighted by Crippen LogP contribution is 2.32. The van der Waals surface area contributed by atoms with E-state index in [1.807, 2.05) is 0 Å². The molecule has 0 saturated carbocycles. The van der Waals surface area contributed by atoms with Gasteiger partial charge in [0.1, 0.15) is 5.82 Å². The van der Waals surface area contributed by atoms with Crippen LogP contribution in [0.15, 0.2) is 12.3 Å². The lowest BCUT2D eigenvalue weighted by Crippen LogP contribution is -2.34. The molecule has 0 aromatic carbocycles. The van der Waals surface area contributed by atoms with Gasteiger partial charge in [-0.2, -0.15) is 0 Å². The average Bonchev–Trinajstić information content (AvgIpc) is 2.56. The molecular formula is C19H31N3. The summed E-state index contributed by atoms with van der Waals surface area (Å²) < 4.78 is 0. The molecule has 0 aliphatic carbocycles. The molecular weight excluding hydrogens is 270 g/mol. The number of rotatable bonds is 4. The molecule has 3 rings (SSSR count). The molecule has 2 fully saturated rings. The molecule has 3 heterocycles. The first-order valence-electron chi connectivity index (χ1n) is 9.25. The predicted molar refractivity (Wildman–Crippen MR) is 93.5 cm³/mol. The number of likely N-dealkylation sites (tertiary alicyclic amines) is 1. The van der Waals surface area contributed by atoms with Gasteiger partial charge in [0.2, 0.25) is 0 Å². The molecule has 2 aliphatic heterocycles. The van der Waals surface area contributed by atoms with Crippen molar-refractivity contribution >= 4 is 5.82 Å². The summed E-state index contributed by atoms with van der Waals surface area (Å²) in [6, 6.07) is 3.01. The molecule has 3 heteroatoms. The molecule has 0 bridgehead atoms. The number of pyridine rings is 1. The summed E-state index contributed by atoms with van der Waals surface area (Å²) in [5.41, 5.74) is 2.80. The van der Waals surface area contributed by atoms with Gasteiger partial charge in [0.25, 0.3) is 0 Å². The van der Waals surface area contributed by atoms with E-state index in [0.29, 0.717) is 6.04 Å². The maximum atomic E-state index is 4.87. The van der Waals surface area contributed by atoms with Crippen LogP contribution in [0.2, 0.25) is 0 Å². The molecule has 0 amide bonds. The van der Waals surface area contributed by atoms with Gasteiger partial charge in [-0.25, -0.2) is 4.98 Å². The molecule has 2 aliphatic rings. The highest BCUT2D eigenvalue weighted by molar-refractivity contribution is 5.48. The first-order valence-corrected chi connectivity index (χ1v) is 9.25. The van der Waals surface area contributed by atoms with Gasteiger partial charge in [-0.15, -0.1) is 0 Å². The number of hydrogen-bond donors (Lipinski definition) is 0. The molecule has 2 saturated heterocycles. The standard InChI is InChI=1S/C19H31N3/c1-3-10-21-11-8-5-9-18(21)17-14-16(2)19(20-15-17)22-12-6-4-7-13-22/h14-15,18H,3-13H2,1-2H3/t18-/m0/s1. The third-order valence-corrected chi connectivity index (χ3v) is 5.24. The molecule has 1 atom stereocenters. The minimum absolute atomic E-state index is 0.593. The highest BCUT2D eigenvalue weighted by Gasteiger charge is 2.24. The van der Waals surface area contributed by atoms with Crippen LogP contribution in [0.3, 0.4) is 0 Å². The Kier molecular flexibility index (Phi) is 5.35. The summed E-state index contributed by atoms with van der Waals surface area (Å²) in [4.78, 5) is 10.0. The van der Waals surface area contributed by atoms with Gasteiger partial charge in [-0.05, 0) is 75.7 Å². The van der Waals surface area contributed by atoms with Crippen molar-refractivity contribution in [1.29, 1.82) is 0 Å². The minimum atomic E-state index is 0.593. The number of anilines is 1. The Balaban J connectivity index is 1.78. The molecule has 1 aromatic rings. The van der Waals surface area contributed by atoms with Gasteiger partial charge in [0, 0.05) is 25.3 Å². The Hall–Kier alpha value is -1.09. The smallest absolute Gasteiger partial charge is 0.131 e. The van der Waals surface area contributed by atoms with Crippen LogP contribution in [0.25, 0.3) is 0 Å². The Bertz CT molecular complexity index is 478. The first kappa shape index (κ1) is 15.8. The van der Waals surface area contributed by atoms with E-state index in [4.69, 9.17) is 4.98 Å². The van der Waals surface area contributed by atoms with E-state index in [-0.39, 0.29) is 0 Å². The second-order valence-corrected chi connectivity index (χ2v) is 7.00. The third-order valence-electron chi connectivity index (χ3n) is 5.24. The fourth-order valence-electron chi connectivity index (χ4n) is 4.13. The van der Waals surface area contributed by atoms with Crippen LogP contribution in [-0.2, 0) is 0 Å². The Morgan fingerprint density at radius 3 is 2.59 bits per heavy atom. The van der Waals surface area contributed by atoms with Gasteiger partial charge in [0.15, 0.2) is 0 Å². The summed E-state index contributed by atoms with van der Waals surface area (Å²) in [6.45, 7) is 9.36. The molecule has 122 valence electrons. The molecule has 0 radical (unpaired) electrons. The normalized spacial score (nSPS) is 23.7. The van der Waals surface area contributed by atoms with Crippen LogP contribution in [-0.4, -0.2) is 36.1 Å². The highest BCUT2D eigenvalue weighted by atomic mass is 15.2. The third kappa shape index (κ3) is 3.45. The summed E-state index contributed by atoms with van der Waals surface area (Å²) in [5.74, 6) is 1.22. The van der Waals surface area contributed by atoms with Crippen molar-refractivity contribution in [2.75, 3.05) is 31.1 Å². The van der Waals surface area contributed by atoms with Gasteiger partial charge >= 0.3 is 0 Å². The Morgan fingerprint density at radius 2 is 1.86 bits per heavy atom. The molecule has 3 nitrogen and oxygen atoms in total. The lowest BCUT2D eigenvalue weighted by Gasteiger charge is -2.36. The second-order valence-electron chi connectivity index (χ2n) is 7.00. The predicted octanol–water partition coefficient (Wildman–Crippen LogP) is 4.32. The Labute approximate surface area is 135 Å². The van der Waals surface area contributed by atoms with Crippen LogP contribution in [0.5, 0.6) is 0 Å². The molecule has 1 aromatic heterocycles. The van der Waals surface area contributed by atoms with Crippen molar-refractivity contribution in [2.45, 2.75) is 64.8 Å². The zero-order valence-corrected chi connectivity index (χ0v) is 14.4. The second kappa shape index (κ2) is 7.45. The molecule has 0 spiro atoms. The van der Waals surface area contributed by atoms with Crippen molar-refractivity contribution in [3.8, 4) is 0 Å². The summed E-state index contributed by atoms with van der Waals surface area (Å²) in [5, 5.41) is 0.